The van der Waals surface area contributed by atoms with Gasteiger partial charge in [-0.25, -0.2) is 0 Å². The van der Waals surface area contributed by atoms with Crippen LogP contribution in [0.1, 0.15) is 35.9 Å². The van der Waals surface area contributed by atoms with Gasteiger partial charge in [-0.3, -0.25) is 0 Å². The van der Waals surface area contributed by atoms with Gasteiger partial charge >= 0.3 is 0 Å². The zero-order chi connectivity index (χ0) is 13.8. The van der Waals surface area contributed by atoms with E-state index in [0.29, 0.717) is 0 Å². The van der Waals surface area contributed by atoms with Gasteiger partial charge in [-0.05, 0) is 56.0 Å². The fourth-order valence-electron chi connectivity index (χ4n) is 2.72. The third-order valence-corrected chi connectivity index (χ3v) is 4.84. The van der Waals surface area contributed by atoms with Crippen molar-refractivity contribution in [2.75, 3.05) is 13.1 Å². The van der Waals surface area contributed by atoms with Crippen LogP contribution >= 0.6 is 11.3 Å². The molecule has 1 N–H and O–H groups in total. The lowest BCUT2D eigenvalue weighted by Gasteiger charge is -2.01. The van der Waals surface area contributed by atoms with Crippen molar-refractivity contribution in [1.29, 1.82) is 0 Å². The van der Waals surface area contributed by atoms with Gasteiger partial charge in [0.2, 0.25) is 0 Å². The van der Waals surface area contributed by atoms with Crippen LogP contribution in [0.5, 0.6) is 0 Å². The van der Waals surface area contributed by atoms with Gasteiger partial charge in [0.25, 0.3) is 0 Å². The number of nitrogens with one attached hydrogen (secondary N) is 1. The maximum Gasteiger partial charge on any atom is 0.147 e. The van der Waals surface area contributed by atoms with Crippen LogP contribution in [0, 0.1) is 0 Å². The fourth-order valence-corrected chi connectivity index (χ4v) is 3.60. The van der Waals surface area contributed by atoms with Crippen molar-refractivity contribution < 1.29 is 0 Å². The Labute approximate surface area is 124 Å². The van der Waals surface area contributed by atoms with Crippen molar-refractivity contribution in [1.82, 2.24) is 15.5 Å². The third kappa shape index (κ3) is 3.07. The average molecular weight is 287 g/mol. The molecule has 20 heavy (non-hydrogen) atoms. The molecule has 0 saturated carbocycles. The summed E-state index contributed by atoms with van der Waals surface area (Å²) in [5.41, 5.74) is 4.26. The van der Waals surface area contributed by atoms with Crippen LogP contribution in [0.25, 0.3) is 10.6 Å². The van der Waals surface area contributed by atoms with Crippen LogP contribution in [-0.4, -0.2) is 23.3 Å². The SMILES string of the molecule is CCNCCCc1nnc(-c2ccc3c(c2)CCC3)s1. The lowest BCUT2D eigenvalue weighted by Crippen LogP contribution is -2.14. The zero-order valence-corrected chi connectivity index (χ0v) is 12.8. The number of fused-ring (bicyclic) bond motifs is 1. The number of nitrogens with zero attached hydrogens (tertiary/aromatic N) is 2. The van der Waals surface area contributed by atoms with E-state index in [1.54, 1.807) is 11.3 Å². The lowest BCUT2D eigenvalue weighted by atomic mass is 10.1. The highest BCUT2D eigenvalue weighted by atomic mass is 32.1. The Balaban J connectivity index is 1.67. The summed E-state index contributed by atoms with van der Waals surface area (Å²) < 4.78 is 0. The average Bonchev–Trinajstić information content (AvgIpc) is 3.11. The van der Waals surface area contributed by atoms with E-state index in [0.717, 1.165) is 35.9 Å². The topological polar surface area (TPSA) is 37.8 Å². The quantitative estimate of drug-likeness (QED) is 0.829. The molecule has 106 valence electrons. The Morgan fingerprint density at radius 3 is 3.00 bits per heavy atom. The predicted octanol–water partition coefficient (Wildman–Crippen LogP) is 3.24. The van der Waals surface area contributed by atoms with Gasteiger partial charge < -0.3 is 5.32 Å². The summed E-state index contributed by atoms with van der Waals surface area (Å²) in [5.74, 6) is 0. The first kappa shape index (κ1) is 13.7. The van der Waals surface area contributed by atoms with E-state index in [-0.39, 0.29) is 0 Å². The molecule has 0 spiro atoms. The molecule has 3 rings (SSSR count). The van der Waals surface area contributed by atoms with Crippen molar-refractivity contribution in [3.8, 4) is 10.6 Å². The van der Waals surface area contributed by atoms with E-state index in [1.807, 2.05) is 0 Å². The van der Waals surface area contributed by atoms with Crippen LogP contribution in [0.3, 0.4) is 0 Å². The van der Waals surface area contributed by atoms with Gasteiger partial charge in [0.1, 0.15) is 10.0 Å². The molecule has 2 aromatic rings. The van der Waals surface area contributed by atoms with E-state index in [9.17, 15) is 0 Å². The van der Waals surface area contributed by atoms with Crippen molar-refractivity contribution in [3.63, 3.8) is 0 Å². The molecular formula is C16H21N3S. The van der Waals surface area contributed by atoms with Gasteiger partial charge in [-0.2, -0.15) is 0 Å². The normalized spacial score (nSPS) is 13.7. The Hall–Kier alpha value is -1.26. The fraction of sp³-hybridized carbons (Fsp3) is 0.500. The predicted molar refractivity (Wildman–Crippen MR) is 84.2 cm³/mol. The van der Waals surface area contributed by atoms with Crippen LogP contribution in [0.15, 0.2) is 18.2 Å². The molecule has 1 aromatic carbocycles. The molecule has 0 amide bonds. The van der Waals surface area contributed by atoms with Crippen molar-refractivity contribution in [3.05, 3.63) is 34.3 Å². The van der Waals surface area contributed by atoms with Gasteiger partial charge in [-0.1, -0.05) is 30.4 Å². The Bertz CT molecular complexity index is 577. The van der Waals surface area contributed by atoms with Crippen LogP contribution in [0.4, 0.5) is 0 Å². The number of hydrogen-bond donors (Lipinski definition) is 1. The van der Waals surface area contributed by atoms with E-state index in [2.05, 4.69) is 40.6 Å². The van der Waals surface area contributed by atoms with Crippen LogP contribution in [-0.2, 0) is 19.3 Å². The van der Waals surface area contributed by atoms with Crippen LogP contribution < -0.4 is 5.32 Å². The van der Waals surface area contributed by atoms with Crippen molar-refractivity contribution in [2.45, 2.75) is 39.0 Å². The summed E-state index contributed by atoms with van der Waals surface area (Å²) in [6.45, 7) is 4.23. The molecule has 1 heterocycles. The molecular weight excluding hydrogens is 266 g/mol. The number of rotatable bonds is 6. The van der Waals surface area contributed by atoms with Crippen molar-refractivity contribution in [2.24, 2.45) is 0 Å². The molecule has 1 aliphatic carbocycles. The maximum atomic E-state index is 4.36. The van der Waals surface area contributed by atoms with Gasteiger partial charge in [0.15, 0.2) is 0 Å². The molecule has 3 nitrogen and oxygen atoms in total. The second kappa shape index (κ2) is 6.46. The number of benzene rings is 1. The Kier molecular flexibility index (Phi) is 4.43. The molecule has 0 atom stereocenters. The van der Waals surface area contributed by atoms with Gasteiger partial charge in [-0.15, -0.1) is 10.2 Å². The minimum Gasteiger partial charge on any atom is -0.317 e. The lowest BCUT2D eigenvalue weighted by molar-refractivity contribution is 0.669. The highest BCUT2D eigenvalue weighted by Crippen LogP contribution is 2.29. The summed E-state index contributed by atoms with van der Waals surface area (Å²) in [6, 6.07) is 6.78. The number of aromatic nitrogens is 2. The summed E-state index contributed by atoms with van der Waals surface area (Å²) in [6.07, 6.45) is 5.91. The maximum absolute atomic E-state index is 4.36. The smallest absolute Gasteiger partial charge is 0.147 e. The van der Waals surface area contributed by atoms with Gasteiger partial charge in [0.05, 0.1) is 0 Å². The monoisotopic (exact) mass is 287 g/mol. The second-order valence-electron chi connectivity index (χ2n) is 5.30. The Morgan fingerprint density at radius 2 is 2.10 bits per heavy atom. The zero-order valence-electron chi connectivity index (χ0n) is 12.0. The van der Waals surface area contributed by atoms with E-state index in [1.165, 1.54) is 36.0 Å². The summed E-state index contributed by atoms with van der Waals surface area (Å²) in [5, 5.41) is 14.2. The Morgan fingerprint density at radius 1 is 1.20 bits per heavy atom. The molecule has 4 heteroatoms. The molecule has 0 aliphatic heterocycles. The minimum absolute atomic E-state index is 1.02. The summed E-state index contributed by atoms with van der Waals surface area (Å²) in [7, 11) is 0. The molecule has 1 aromatic heterocycles. The standard InChI is InChI=1S/C16H21N3S/c1-2-17-10-4-7-15-18-19-16(20-15)14-9-8-12-5-3-6-13(12)11-14/h8-9,11,17H,2-7,10H2,1H3. The largest absolute Gasteiger partial charge is 0.317 e. The highest BCUT2D eigenvalue weighted by Gasteiger charge is 2.13. The van der Waals surface area contributed by atoms with E-state index >= 15 is 0 Å². The second-order valence-corrected chi connectivity index (χ2v) is 6.36. The molecule has 0 saturated heterocycles. The van der Waals surface area contributed by atoms with Crippen molar-refractivity contribution >= 4 is 11.3 Å². The molecule has 0 radical (unpaired) electrons. The van der Waals surface area contributed by atoms with E-state index in [4.69, 9.17) is 0 Å². The first-order valence-electron chi connectivity index (χ1n) is 7.52. The molecule has 1 aliphatic rings. The number of aryl methyl sites for hydroxylation is 3. The number of hydrogen-bond acceptors (Lipinski definition) is 4. The summed E-state index contributed by atoms with van der Waals surface area (Å²) in [4.78, 5) is 0. The van der Waals surface area contributed by atoms with E-state index < -0.39 is 0 Å². The highest BCUT2D eigenvalue weighted by molar-refractivity contribution is 7.14. The molecule has 0 unspecified atom stereocenters. The first-order chi connectivity index (χ1) is 9.86. The molecule has 0 bridgehead atoms. The minimum atomic E-state index is 1.02. The van der Waals surface area contributed by atoms with Crippen LogP contribution in [0.2, 0.25) is 0 Å². The summed E-state index contributed by atoms with van der Waals surface area (Å²) >= 11 is 1.74. The third-order valence-electron chi connectivity index (χ3n) is 3.81. The first-order valence-corrected chi connectivity index (χ1v) is 8.33. The molecule has 0 fully saturated rings. The van der Waals surface area contributed by atoms with Gasteiger partial charge in [0, 0.05) is 12.0 Å².